The van der Waals surface area contributed by atoms with Crippen LogP contribution in [0, 0.1) is 5.41 Å². The molecule has 1 aliphatic rings. The van der Waals surface area contributed by atoms with Crippen LogP contribution in [0.3, 0.4) is 0 Å². The molecule has 0 heterocycles. The van der Waals surface area contributed by atoms with Gasteiger partial charge in [-0.05, 0) is 53.0 Å². The second kappa shape index (κ2) is 5.67. The Kier molecular flexibility index (Phi) is 4.27. The summed E-state index contributed by atoms with van der Waals surface area (Å²) in [6.45, 7) is 10.5. The van der Waals surface area contributed by atoms with Crippen molar-refractivity contribution < 1.29 is 9.53 Å². The van der Waals surface area contributed by atoms with E-state index in [1.807, 2.05) is 26.8 Å². The molecule has 0 N–H and O–H groups in total. The second-order valence-corrected chi connectivity index (χ2v) is 7.39. The van der Waals surface area contributed by atoms with Gasteiger partial charge in [0.05, 0.1) is 5.41 Å². The Morgan fingerprint density at radius 3 is 2.10 bits per heavy atom. The molecular weight excluding hydrogens is 260 g/mol. The van der Waals surface area contributed by atoms with Crippen LogP contribution in [-0.2, 0) is 14.9 Å². The van der Waals surface area contributed by atoms with Gasteiger partial charge in [0.1, 0.15) is 6.61 Å². The Morgan fingerprint density at radius 2 is 1.62 bits per heavy atom. The van der Waals surface area contributed by atoms with Crippen molar-refractivity contribution in [3.8, 4) is 0 Å². The molecule has 0 spiro atoms. The highest BCUT2D eigenvalue weighted by atomic mass is 16.5. The fourth-order valence-corrected chi connectivity index (χ4v) is 2.98. The number of benzene rings is 1. The molecule has 1 aromatic carbocycles. The van der Waals surface area contributed by atoms with E-state index in [9.17, 15) is 4.79 Å². The summed E-state index contributed by atoms with van der Waals surface area (Å²) >= 11 is 0. The summed E-state index contributed by atoms with van der Waals surface area (Å²) < 4.78 is 5.68. The minimum Gasteiger partial charge on any atom is -0.464 e. The zero-order valence-corrected chi connectivity index (χ0v) is 13.8. The van der Waals surface area contributed by atoms with E-state index in [-0.39, 0.29) is 11.4 Å². The van der Waals surface area contributed by atoms with Crippen molar-refractivity contribution in [2.45, 2.75) is 52.9 Å². The van der Waals surface area contributed by atoms with Crippen LogP contribution in [0.25, 0.3) is 0 Å². The Balaban J connectivity index is 2.22. The minimum atomic E-state index is -0.450. The number of hydrogen-bond acceptors (Lipinski definition) is 2. The molecule has 0 fully saturated rings. The maximum absolute atomic E-state index is 12.1. The van der Waals surface area contributed by atoms with Crippen LogP contribution < -0.4 is 0 Å². The number of carbonyl (C=O) groups excluding carboxylic acids is 1. The van der Waals surface area contributed by atoms with Gasteiger partial charge < -0.3 is 4.74 Å². The monoisotopic (exact) mass is 286 g/mol. The highest BCUT2D eigenvalue weighted by Crippen LogP contribution is 2.44. The molecule has 1 aromatic rings. The molecule has 2 heteroatoms. The Morgan fingerprint density at radius 1 is 1.10 bits per heavy atom. The zero-order chi connectivity index (χ0) is 15.7. The molecule has 0 aliphatic heterocycles. The van der Waals surface area contributed by atoms with E-state index in [1.165, 1.54) is 16.7 Å². The lowest BCUT2D eigenvalue weighted by atomic mass is 9.77. The molecule has 0 aromatic heterocycles. The van der Waals surface area contributed by atoms with Gasteiger partial charge in [0.2, 0.25) is 0 Å². The average Bonchev–Trinajstić information content (AvgIpc) is 2.72. The zero-order valence-electron chi connectivity index (χ0n) is 13.8. The number of rotatable bonds is 3. The van der Waals surface area contributed by atoms with Gasteiger partial charge >= 0.3 is 5.97 Å². The van der Waals surface area contributed by atoms with E-state index in [0.717, 1.165) is 12.8 Å². The standard InChI is InChI=1S/C19H26O2/c1-14-11-19(12-15(14)2,16-9-7-6-8-10-16)13-21-17(20)18(3,4)5/h6-10H,11-13H2,1-5H3. The number of carbonyl (C=O) groups is 1. The summed E-state index contributed by atoms with van der Waals surface area (Å²) in [7, 11) is 0. The van der Waals surface area contributed by atoms with Gasteiger partial charge in [-0.3, -0.25) is 4.79 Å². The Labute approximate surface area is 128 Å². The summed E-state index contributed by atoms with van der Waals surface area (Å²) in [5, 5.41) is 0. The fourth-order valence-electron chi connectivity index (χ4n) is 2.98. The van der Waals surface area contributed by atoms with Crippen LogP contribution in [-0.4, -0.2) is 12.6 Å². The number of ether oxygens (including phenoxy) is 1. The van der Waals surface area contributed by atoms with E-state index < -0.39 is 5.41 Å². The Bertz CT molecular complexity index is 533. The first-order chi connectivity index (χ1) is 9.74. The number of esters is 1. The molecule has 0 atom stereocenters. The van der Waals surface area contributed by atoms with Crippen molar-refractivity contribution in [1.29, 1.82) is 0 Å². The molecule has 0 bridgehead atoms. The highest BCUT2D eigenvalue weighted by Gasteiger charge is 2.39. The summed E-state index contributed by atoms with van der Waals surface area (Å²) in [4.78, 5) is 12.1. The maximum Gasteiger partial charge on any atom is 0.311 e. The second-order valence-electron chi connectivity index (χ2n) is 7.39. The maximum atomic E-state index is 12.1. The largest absolute Gasteiger partial charge is 0.464 e. The summed E-state index contributed by atoms with van der Waals surface area (Å²) in [6.07, 6.45) is 1.94. The van der Waals surface area contributed by atoms with Crippen molar-refractivity contribution in [2.24, 2.45) is 5.41 Å². The molecule has 0 saturated heterocycles. The lowest BCUT2D eigenvalue weighted by Gasteiger charge is -2.31. The van der Waals surface area contributed by atoms with E-state index >= 15 is 0 Å². The minimum absolute atomic E-state index is 0.0870. The first-order valence-electron chi connectivity index (χ1n) is 7.63. The van der Waals surface area contributed by atoms with Crippen molar-refractivity contribution in [3.05, 3.63) is 47.0 Å². The van der Waals surface area contributed by atoms with Gasteiger partial charge in [0.15, 0.2) is 0 Å². The van der Waals surface area contributed by atoms with Crippen LogP contribution in [0.1, 0.15) is 53.0 Å². The van der Waals surface area contributed by atoms with Crippen molar-refractivity contribution in [1.82, 2.24) is 0 Å². The normalized spacial score (nSPS) is 18.0. The summed E-state index contributed by atoms with van der Waals surface area (Å²) in [5.41, 5.74) is 3.57. The van der Waals surface area contributed by atoms with E-state index in [1.54, 1.807) is 0 Å². The van der Waals surface area contributed by atoms with E-state index in [4.69, 9.17) is 4.74 Å². The quantitative estimate of drug-likeness (QED) is 0.597. The molecule has 2 nitrogen and oxygen atoms in total. The topological polar surface area (TPSA) is 26.3 Å². The fraction of sp³-hybridized carbons (Fsp3) is 0.526. The first kappa shape index (κ1) is 15.8. The van der Waals surface area contributed by atoms with Crippen molar-refractivity contribution >= 4 is 5.97 Å². The highest BCUT2D eigenvalue weighted by molar-refractivity contribution is 5.75. The first-order valence-corrected chi connectivity index (χ1v) is 7.63. The molecule has 0 amide bonds. The number of hydrogen-bond donors (Lipinski definition) is 0. The summed E-state index contributed by atoms with van der Waals surface area (Å²) in [5.74, 6) is -0.125. The third kappa shape index (κ3) is 3.37. The van der Waals surface area contributed by atoms with Gasteiger partial charge in [0.25, 0.3) is 0 Å². The van der Waals surface area contributed by atoms with Crippen LogP contribution in [0.5, 0.6) is 0 Å². The summed E-state index contributed by atoms with van der Waals surface area (Å²) in [6, 6.07) is 10.4. The van der Waals surface area contributed by atoms with Crippen LogP contribution >= 0.6 is 0 Å². The molecule has 2 rings (SSSR count). The molecule has 21 heavy (non-hydrogen) atoms. The van der Waals surface area contributed by atoms with Gasteiger partial charge in [-0.1, -0.05) is 41.5 Å². The van der Waals surface area contributed by atoms with Gasteiger partial charge in [-0.15, -0.1) is 0 Å². The number of allylic oxidation sites excluding steroid dienone is 2. The van der Waals surface area contributed by atoms with E-state index in [2.05, 4.69) is 38.1 Å². The lowest BCUT2D eigenvalue weighted by Crippen LogP contribution is -2.34. The van der Waals surface area contributed by atoms with E-state index in [0.29, 0.717) is 6.61 Å². The van der Waals surface area contributed by atoms with Crippen LogP contribution in [0.4, 0.5) is 0 Å². The predicted octanol–water partition coefficient (Wildman–Crippen LogP) is 4.64. The van der Waals surface area contributed by atoms with Crippen molar-refractivity contribution in [3.63, 3.8) is 0 Å². The molecule has 114 valence electrons. The van der Waals surface area contributed by atoms with Crippen molar-refractivity contribution in [2.75, 3.05) is 6.61 Å². The van der Waals surface area contributed by atoms with Gasteiger partial charge in [-0.2, -0.15) is 0 Å². The molecule has 0 saturated carbocycles. The van der Waals surface area contributed by atoms with Gasteiger partial charge in [-0.25, -0.2) is 0 Å². The third-order valence-corrected chi connectivity index (χ3v) is 4.41. The third-order valence-electron chi connectivity index (χ3n) is 4.41. The SMILES string of the molecule is CC1=C(C)CC(COC(=O)C(C)(C)C)(c2ccccc2)C1. The molecule has 0 radical (unpaired) electrons. The molecular formula is C19H26O2. The van der Waals surface area contributed by atoms with Gasteiger partial charge in [0, 0.05) is 5.41 Å². The average molecular weight is 286 g/mol. The van der Waals surface area contributed by atoms with Crippen LogP contribution in [0.15, 0.2) is 41.5 Å². The Hall–Kier alpha value is -1.57. The smallest absolute Gasteiger partial charge is 0.311 e. The lowest BCUT2D eigenvalue weighted by molar-refractivity contribution is -0.154. The van der Waals surface area contributed by atoms with Crippen LogP contribution in [0.2, 0.25) is 0 Å². The predicted molar refractivity (Wildman–Crippen MR) is 86.1 cm³/mol. The molecule has 1 aliphatic carbocycles. The molecule has 0 unspecified atom stereocenters.